The molecule has 96 valence electrons. The molecule has 1 aromatic carbocycles. The van der Waals surface area contributed by atoms with Crippen molar-refractivity contribution < 1.29 is 9.53 Å². The first kappa shape index (κ1) is 13.4. The molecule has 1 aromatic heterocycles. The van der Waals surface area contributed by atoms with Gasteiger partial charge in [-0.25, -0.2) is 4.79 Å². The monoisotopic (exact) mass is 330 g/mol. The molecule has 0 aliphatic carbocycles. The smallest absolute Gasteiger partial charge is 0.435 e. The number of carbonyl (C=O) groups excluding carboxylic acids is 1. The highest BCUT2D eigenvalue weighted by atomic mass is 79.9. The van der Waals surface area contributed by atoms with E-state index >= 15 is 0 Å². The molecule has 0 amide bonds. The van der Waals surface area contributed by atoms with Gasteiger partial charge < -0.3 is 4.74 Å². The number of rotatable bonds is 0. The zero-order valence-corrected chi connectivity index (χ0v) is 12.5. The van der Waals surface area contributed by atoms with Gasteiger partial charge >= 0.3 is 6.09 Å². The van der Waals surface area contributed by atoms with Crippen molar-refractivity contribution >= 4 is 44.5 Å². The average molecular weight is 332 g/mol. The van der Waals surface area contributed by atoms with E-state index in [0.717, 1.165) is 4.47 Å². The minimum absolute atomic E-state index is 0.518. The summed E-state index contributed by atoms with van der Waals surface area (Å²) in [5.41, 5.74) is 0.0616. The van der Waals surface area contributed by atoms with Gasteiger partial charge in [-0.05, 0) is 48.8 Å². The first-order valence-electron chi connectivity index (χ1n) is 5.35. The molecule has 6 heteroatoms. The Morgan fingerprint density at radius 2 is 2.11 bits per heavy atom. The molecule has 0 radical (unpaired) electrons. The highest BCUT2D eigenvalue weighted by Crippen LogP contribution is 2.30. The van der Waals surface area contributed by atoms with Crippen LogP contribution in [-0.4, -0.2) is 21.5 Å². The number of benzene rings is 1. The number of hydrogen-bond donors (Lipinski definition) is 0. The van der Waals surface area contributed by atoms with Gasteiger partial charge in [0.2, 0.25) is 0 Å². The van der Waals surface area contributed by atoms with Gasteiger partial charge in [0.15, 0.2) is 0 Å². The molecular weight excluding hydrogens is 320 g/mol. The molecular formula is C12H12BrClN2O2. The van der Waals surface area contributed by atoms with Gasteiger partial charge in [-0.1, -0.05) is 11.6 Å². The van der Waals surface area contributed by atoms with E-state index in [1.165, 1.54) is 4.68 Å². The van der Waals surface area contributed by atoms with E-state index in [1.807, 2.05) is 0 Å². The van der Waals surface area contributed by atoms with Gasteiger partial charge in [-0.15, -0.1) is 0 Å². The maximum Gasteiger partial charge on any atom is 0.435 e. The van der Waals surface area contributed by atoms with Crippen LogP contribution in [0.1, 0.15) is 20.8 Å². The Labute approximate surface area is 118 Å². The largest absolute Gasteiger partial charge is 0.442 e. The molecule has 0 aliphatic rings. The predicted molar refractivity (Wildman–Crippen MR) is 74.1 cm³/mol. The number of nitrogens with zero attached hydrogens (tertiary/aromatic N) is 2. The van der Waals surface area contributed by atoms with Crippen LogP contribution in [0.4, 0.5) is 4.79 Å². The lowest BCUT2D eigenvalue weighted by molar-refractivity contribution is 0.0523. The summed E-state index contributed by atoms with van der Waals surface area (Å²) in [6.07, 6.45) is 1.03. The lowest BCUT2D eigenvalue weighted by Crippen LogP contribution is -2.27. The second kappa shape index (κ2) is 4.55. The lowest BCUT2D eigenvalue weighted by Gasteiger charge is -2.19. The van der Waals surface area contributed by atoms with Crippen LogP contribution in [0.2, 0.25) is 5.02 Å². The van der Waals surface area contributed by atoms with E-state index in [9.17, 15) is 4.79 Å². The molecule has 0 fully saturated rings. The van der Waals surface area contributed by atoms with Crippen molar-refractivity contribution in [2.45, 2.75) is 26.4 Å². The minimum Gasteiger partial charge on any atom is -0.442 e. The van der Waals surface area contributed by atoms with Crippen LogP contribution in [-0.2, 0) is 4.74 Å². The van der Waals surface area contributed by atoms with E-state index in [4.69, 9.17) is 16.3 Å². The van der Waals surface area contributed by atoms with Crippen molar-refractivity contribution in [2.24, 2.45) is 0 Å². The molecule has 2 aromatic rings. The van der Waals surface area contributed by atoms with Gasteiger partial charge in [-0.3, -0.25) is 0 Å². The second-order valence-electron chi connectivity index (χ2n) is 4.83. The number of carbonyl (C=O) groups is 1. The Morgan fingerprint density at radius 3 is 2.72 bits per heavy atom. The number of aromatic nitrogens is 2. The quantitative estimate of drug-likeness (QED) is 0.725. The zero-order valence-electron chi connectivity index (χ0n) is 10.2. The van der Waals surface area contributed by atoms with Gasteiger partial charge in [0.1, 0.15) is 5.60 Å². The second-order valence-corrected chi connectivity index (χ2v) is 6.06. The number of ether oxygens (including phenoxy) is 1. The summed E-state index contributed by atoms with van der Waals surface area (Å²) in [4.78, 5) is 12.0. The van der Waals surface area contributed by atoms with Crippen LogP contribution in [0.15, 0.2) is 22.8 Å². The van der Waals surface area contributed by atoms with Crippen LogP contribution in [0.5, 0.6) is 0 Å². The third-order valence-electron chi connectivity index (χ3n) is 2.21. The summed E-state index contributed by atoms with van der Waals surface area (Å²) in [6.45, 7) is 5.42. The Balaban J connectivity index is 2.48. The first-order chi connectivity index (χ1) is 8.29. The summed E-state index contributed by atoms with van der Waals surface area (Å²) in [5.74, 6) is 0. The van der Waals surface area contributed by atoms with Crippen molar-refractivity contribution in [1.29, 1.82) is 0 Å². The summed E-state index contributed by atoms with van der Waals surface area (Å²) in [6, 6.07) is 3.54. The molecule has 0 bridgehead atoms. The first-order valence-corrected chi connectivity index (χ1v) is 6.52. The summed E-state index contributed by atoms with van der Waals surface area (Å²) < 4.78 is 7.24. The van der Waals surface area contributed by atoms with Gasteiger partial charge in [0.25, 0.3) is 0 Å². The third kappa shape index (κ3) is 2.52. The Bertz CT molecular complexity index is 616. The predicted octanol–water partition coefficient (Wildman–Crippen LogP) is 4.24. The number of hydrogen-bond acceptors (Lipinski definition) is 3. The van der Waals surface area contributed by atoms with Crippen LogP contribution >= 0.6 is 27.5 Å². The highest BCUT2D eigenvalue weighted by Gasteiger charge is 2.20. The fourth-order valence-electron chi connectivity index (χ4n) is 1.49. The van der Waals surface area contributed by atoms with Crippen LogP contribution in [0.3, 0.4) is 0 Å². The molecule has 0 N–H and O–H groups in total. The van der Waals surface area contributed by atoms with E-state index in [-0.39, 0.29) is 0 Å². The molecule has 2 rings (SSSR count). The molecule has 0 saturated heterocycles. The topological polar surface area (TPSA) is 44.1 Å². The van der Waals surface area contributed by atoms with Crippen molar-refractivity contribution in [1.82, 2.24) is 9.78 Å². The van der Waals surface area contributed by atoms with Gasteiger partial charge in [0, 0.05) is 9.86 Å². The van der Waals surface area contributed by atoms with Crippen molar-refractivity contribution in [3.8, 4) is 0 Å². The van der Waals surface area contributed by atoms with Crippen LogP contribution in [0.25, 0.3) is 10.9 Å². The van der Waals surface area contributed by atoms with Crippen LogP contribution in [0, 0.1) is 0 Å². The maximum atomic E-state index is 12.0. The summed E-state index contributed by atoms with van der Waals surface area (Å²) in [5, 5.41) is 5.25. The minimum atomic E-state index is -0.561. The molecule has 0 aliphatic heterocycles. The summed E-state index contributed by atoms with van der Waals surface area (Å²) in [7, 11) is 0. The third-order valence-corrected chi connectivity index (χ3v) is 3.50. The molecule has 4 nitrogen and oxygen atoms in total. The Morgan fingerprint density at radius 1 is 1.44 bits per heavy atom. The number of halogens is 2. The maximum absolute atomic E-state index is 12.0. The van der Waals surface area contributed by atoms with E-state index < -0.39 is 11.7 Å². The standard InChI is InChI=1S/C12H12BrClN2O2/c1-12(2,3)18-11(17)16-9-5-4-8(13)10(14)7(9)6-15-16/h4-6H,1-3H3. The molecule has 0 atom stereocenters. The van der Waals surface area contributed by atoms with Crippen molar-refractivity contribution in [3.05, 3.63) is 27.8 Å². The molecule has 0 unspecified atom stereocenters. The highest BCUT2D eigenvalue weighted by molar-refractivity contribution is 9.10. The van der Waals surface area contributed by atoms with Gasteiger partial charge in [-0.2, -0.15) is 9.78 Å². The van der Waals surface area contributed by atoms with E-state index in [2.05, 4.69) is 21.0 Å². The molecule has 18 heavy (non-hydrogen) atoms. The lowest BCUT2D eigenvalue weighted by atomic mass is 10.2. The van der Waals surface area contributed by atoms with E-state index in [0.29, 0.717) is 15.9 Å². The Hall–Kier alpha value is -1.07. The molecule has 0 spiro atoms. The normalized spacial score (nSPS) is 11.8. The molecule has 0 saturated carbocycles. The number of fused-ring (bicyclic) bond motifs is 1. The zero-order chi connectivity index (χ0) is 13.5. The van der Waals surface area contributed by atoms with Gasteiger partial charge in [0.05, 0.1) is 16.7 Å². The SMILES string of the molecule is CC(C)(C)OC(=O)n1ncc2c(Cl)c(Br)ccc21. The van der Waals surface area contributed by atoms with E-state index in [1.54, 1.807) is 39.1 Å². The average Bonchev–Trinajstić information content (AvgIpc) is 2.65. The van der Waals surface area contributed by atoms with Crippen molar-refractivity contribution in [2.75, 3.05) is 0 Å². The fraction of sp³-hybridized carbons (Fsp3) is 0.333. The Kier molecular flexibility index (Phi) is 3.38. The van der Waals surface area contributed by atoms with Crippen molar-refractivity contribution in [3.63, 3.8) is 0 Å². The fourth-order valence-corrected chi connectivity index (χ4v) is 2.05. The van der Waals surface area contributed by atoms with Crippen LogP contribution < -0.4 is 0 Å². The molecule has 1 heterocycles. The summed E-state index contributed by atoms with van der Waals surface area (Å²) >= 11 is 9.45.